The van der Waals surface area contributed by atoms with Crippen LogP contribution < -0.4 is 0 Å². The number of hydrogen-bond acceptors (Lipinski definition) is 1. The molecule has 1 rings (SSSR count). The van der Waals surface area contributed by atoms with Crippen LogP contribution in [0.5, 0.6) is 0 Å². The van der Waals surface area contributed by atoms with E-state index in [9.17, 15) is 5.11 Å². The van der Waals surface area contributed by atoms with Crippen LogP contribution in [0.4, 0.5) is 0 Å². The summed E-state index contributed by atoms with van der Waals surface area (Å²) in [7, 11) is 0. The fraction of sp³-hybridized carbons (Fsp3) is 1.00. The van der Waals surface area contributed by atoms with Crippen LogP contribution in [0.2, 0.25) is 0 Å². The van der Waals surface area contributed by atoms with Crippen molar-refractivity contribution in [2.75, 3.05) is 0 Å². The minimum absolute atomic E-state index is 0.234. The summed E-state index contributed by atoms with van der Waals surface area (Å²) in [6.45, 7) is 5.22. The van der Waals surface area contributed by atoms with Crippen LogP contribution in [0.3, 0.4) is 0 Å². The van der Waals surface area contributed by atoms with Crippen molar-refractivity contribution >= 4 is 0 Å². The molecule has 0 heterocycles. The van der Waals surface area contributed by atoms with Gasteiger partial charge in [-0.2, -0.15) is 0 Å². The quantitative estimate of drug-likeness (QED) is 0.624. The van der Waals surface area contributed by atoms with Crippen molar-refractivity contribution in [2.24, 2.45) is 17.7 Å². The maximum Gasteiger partial charge on any atom is 0.0604 e. The van der Waals surface area contributed by atoms with Gasteiger partial charge in [0.15, 0.2) is 0 Å². The minimum Gasteiger partial charge on any atom is -0.393 e. The van der Waals surface area contributed by atoms with Crippen molar-refractivity contribution in [3.8, 4) is 0 Å². The summed E-state index contributed by atoms with van der Waals surface area (Å²) in [5.41, 5.74) is 0. The predicted molar refractivity (Wildman–Crippen MR) is 47.3 cm³/mol. The maximum atomic E-state index is 10.1. The van der Waals surface area contributed by atoms with E-state index in [2.05, 4.69) is 0 Å². The highest BCUT2D eigenvalue weighted by atomic mass is 16.3. The van der Waals surface area contributed by atoms with Gasteiger partial charge < -0.3 is 5.11 Å². The molecular formula is C10H20O. The second-order valence-electron chi connectivity index (χ2n) is 3.61. The van der Waals surface area contributed by atoms with Crippen LogP contribution in [0, 0.1) is 17.7 Å². The van der Waals surface area contributed by atoms with E-state index in [-0.39, 0.29) is 11.8 Å². The van der Waals surface area contributed by atoms with Crippen LogP contribution in [0.15, 0.2) is 0 Å². The van der Waals surface area contributed by atoms with E-state index in [4.69, 9.17) is 5.48 Å². The zero-order valence-corrected chi connectivity index (χ0v) is 7.52. The fourth-order valence-corrected chi connectivity index (χ4v) is 1.45. The van der Waals surface area contributed by atoms with Crippen molar-refractivity contribution in [1.82, 2.24) is 0 Å². The number of hydrogen-bond donors (Lipinski definition) is 1. The maximum absolute atomic E-state index is 10.1. The zero-order valence-electron chi connectivity index (χ0n) is 11.5. The fourth-order valence-electron chi connectivity index (χ4n) is 1.45. The summed E-state index contributed by atoms with van der Waals surface area (Å²) in [4.78, 5) is 0. The second-order valence-corrected chi connectivity index (χ2v) is 3.61. The molecule has 3 atom stereocenters. The smallest absolute Gasteiger partial charge is 0.0604 e. The van der Waals surface area contributed by atoms with Crippen LogP contribution in [0.1, 0.15) is 45.5 Å². The first-order valence-corrected chi connectivity index (χ1v) is 4.29. The molecule has 0 aromatic heterocycles. The molecule has 1 heteroatoms. The van der Waals surface area contributed by atoms with Gasteiger partial charge in [-0.05, 0) is 30.5 Å². The first kappa shape index (κ1) is 4.86. The van der Waals surface area contributed by atoms with Gasteiger partial charge >= 0.3 is 0 Å². The van der Waals surface area contributed by atoms with Gasteiger partial charge in [0.25, 0.3) is 0 Å². The summed E-state index contributed by atoms with van der Waals surface area (Å²) < 4.78 is 31.6. The van der Waals surface area contributed by atoms with Gasteiger partial charge in [0.05, 0.1) is 7.45 Å². The van der Waals surface area contributed by atoms with E-state index in [1.807, 2.05) is 0 Å². The van der Waals surface area contributed by atoms with E-state index in [1.165, 1.54) is 0 Å². The zero-order chi connectivity index (χ0) is 12.1. The van der Waals surface area contributed by atoms with Gasteiger partial charge in [0, 0.05) is 4.11 Å². The van der Waals surface area contributed by atoms with E-state index in [0.717, 1.165) is 0 Å². The largest absolute Gasteiger partial charge is 0.393 e. The standard InChI is InChI=1S/C10H20O/c1-7(2)9-5-4-8(3)6-10(9)11/h7-11H,4-6H2,1-3H3/t8-,9+,10-/m1/s1/i6D2,9D,10D. The third-order valence-corrected chi connectivity index (χ3v) is 2.23. The Bertz CT molecular complexity index is 252. The average Bonchev–Trinajstić information content (AvgIpc) is 2.10. The first-order chi connectivity index (χ1) is 6.57. The highest BCUT2D eigenvalue weighted by Gasteiger charge is 2.28. The first-order valence-electron chi connectivity index (χ1n) is 6.29. The Morgan fingerprint density at radius 1 is 1.55 bits per heavy atom. The van der Waals surface area contributed by atoms with Gasteiger partial charge in [-0.15, -0.1) is 0 Å². The highest BCUT2D eigenvalue weighted by molar-refractivity contribution is 4.79. The third-order valence-electron chi connectivity index (χ3n) is 2.23. The molecule has 11 heavy (non-hydrogen) atoms. The van der Waals surface area contributed by atoms with E-state index in [1.54, 1.807) is 20.8 Å². The van der Waals surface area contributed by atoms with Gasteiger partial charge in [0.1, 0.15) is 0 Å². The normalized spacial score (nSPS) is 62.8. The third kappa shape index (κ3) is 2.19. The van der Waals surface area contributed by atoms with Gasteiger partial charge in [-0.25, -0.2) is 0 Å². The molecule has 66 valence electrons. The lowest BCUT2D eigenvalue weighted by Crippen LogP contribution is -2.31. The molecule has 0 amide bonds. The lowest BCUT2D eigenvalue weighted by atomic mass is 9.75. The molecule has 1 saturated carbocycles. The Morgan fingerprint density at radius 3 is 2.73 bits per heavy atom. The summed E-state index contributed by atoms with van der Waals surface area (Å²) in [5.74, 6) is -2.02. The van der Waals surface area contributed by atoms with Crippen LogP contribution in [-0.2, 0) is 0 Å². The molecule has 0 aliphatic heterocycles. The summed E-state index contributed by atoms with van der Waals surface area (Å²) in [6.07, 6.45) is -3.41. The molecule has 0 aromatic carbocycles. The van der Waals surface area contributed by atoms with E-state index in [0.29, 0.717) is 12.8 Å². The number of rotatable bonds is 1. The highest BCUT2D eigenvalue weighted by Crippen LogP contribution is 2.33. The molecular weight excluding hydrogens is 136 g/mol. The molecule has 0 unspecified atom stereocenters. The summed E-state index contributed by atoms with van der Waals surface area (Å²) in [6, 6.07) is 0. The monoisotopic (exact) mass is 160 g/mol. The van der Waals surface area contributed by atoms with Crippen molar-refractivity contribution in [3.63, 3.8) is 0 Å². The SMILES string of the molecule is [2H]C1([2H])[C@H](C)CC[C@@]([2H])(C(C)C)[C@]1([2H])O. The van der Waals surface area contributed by atoms with Crippen molar-refractivity contribution in [2.45, 2.75) is 46.1 Å². The van der Waals surface area contributed by atoms with E-state index < -0.39 is 18.3 Å². The predicted octanol–water partition coefficient (Wildman–Crippen LogP) is 2.44. The minimum atomic E-state index is -2.33. The van der Waals surface area contributed by atoms with Crippen molar-refractivity contribution in [1.29, 1.82) is 0 Å². The van der Waals surface area contributed by atoms with E-state index >= 15 is 0 Å². The molecule has 1 fully saturated rings. The molecule has 1 aliphatic rings. The topological polar surface area (TPSA) is 20.2 Å². The molecule has 0 aromatic rings. The molecule has 0 bridgehead atoms. The van der Waals surface area contributed by atoms with Gasteiger partial charge in [-0.1, -0.05) is 27.2 Å². The Labute approximate surface area is 75.4 Å². The van der Waals surface area contributed by atoms with Gasteiger partial charge in [-0.3, -0.25) is 0 Å². The molecule has 1 aliphatic carbocycles. The molecule has 1 N–H and O–H groups in total. The summed E-state index contributed by atoms with van der Waals surface area (Å²) >= 11 is 0. The Balaban J connectivity index is 3.16. The van der Waals surface area contributed by atoms with Crippen LogP contribution >= 0.6 is 0 Å². The Kier molecular flexibility index (Phi) is 1.58. The number of aliphatic hydroxyl groups is 1. The van der Waals surface area contributed by atoms with Crippen LogP contribution in [-0.4, -0.2) is 11.2 Å². The Morgan fingerprint density at radius 2 is 2.18 bits per heavy atom. The summed E-state index contributed by atoms with van der Waals surface area (Å²) in [5, 5.41) is 10.1. The second kappa shape index (κ2) is 3.57. The lowest BCUT2D eigenvalue weighted by Gasteiger charge is -2.33. The van der Waals surface area contributed by atoms with Crippen molar-refractivity contribution in [3.05, 3.63) is 0 Å². The molecule has 0 saturated heterocycles. The van der Waals surface area contributed by atoms with Crippen molar-refractivity contribution < 1.29 is 10.6 Å². The Hall–Kier alpha value is -0.0400. The lowest BCUT2D eigenvalue weighted by molar-refractivity contribution is 0.0266. The molecule has 1 nitrogen and oxygen atoms in total. The molecule has 0 radical (unpaired) electrons. The van der Waals surface area contributed by atoms with Gasteiger partial charge in [0.2, 0.25) is 0 Å². The molecule has 0 spiro atoms. The van der Waals surface area contributed by atoms with Crippen LogP contribution in [0.25, 0.3) is 0 Å². The average molecular weight is 160 g/mol.